The molecule has 6 unspecified atom stereocenters. The van der Waals surface area contributed by atoms with E-state index in [4.69, 9.17) is 16.3 Å². The minimum absolute atomic E-state index is 0.0204. The van der Waals surface area contributed by atoms with E-state index in [1.165, 1.54) is 37.4 Å². The van der Waals surface area contributed by atoms with Gasteiger partial charge in [0, 0.05) is 33.7 Å². The number of fused-ring (bicyclic) bond motifs is 4. The van der Waals surface area contributed by atoms with E-state index in [0.717, 1.165) is 9.91 Å². The Morgan fingerprint density at radius 3 is 2.19 bits per heavy atom. The second kappa shape index (κ2) is 14.1. The first-order chi connectivity index (χ1) is 28.0. The number of hydrazine groups is 1. The topological polar surface area (TPSA) is 133 Å². The normalized spacial score (nSPS) is 24.9. The van der Waals surface area contributed by atoms with Crippen LogP contribution in [0.15, 0.2) is 133 Å². The molecule has 2 aliphatic heterocycles. The van der Waals surface area contributed by atoms with Crippen LogP contribution in [0.4, 0.5) is 15.8 Å². The predicted molar refractivity (Wildman–Crippen MR) is 212 cm³/mol. The van der Waals surface area contributed by atoms with Gasteiger partial charge < -0.3 is 9.84 Å². The average molecular weight is 796 g/mol. The monoisotopic (exact) mass is 795 g/mol. The first kappa shape index (κ1) is 37.0. The fourth-order valence-corrected chi connectivity index (χ4v) is 9.79. The van der Waals surface area contributed by atoms with Crippen LogP contribution in [0.3, 0.4) is 0 Å². The van der Waals surface area contributed by atoms with Gasteiger partial charge in [-0.05, 0) is 91.1 Å². The van der Waals surface area contributed by atoms with Gasteiger partial charge in [0.05, 0.1) is 41.7 Å². The molecule has 12 heteroatoms. The van der Waals surface area contributed by atoms with Gasteiger partial charge in [-0.1, -0.05) is 71.8 Å². The van der Waals surface area contributed by atoms with Crippen LogP contribution < -0.4 is 15.1 Å². The molecule has 0 bridgehead atoms. The number of hydrogen-bond acceptors (Lipinski definition) is 8. The summed E-state index contributed by atoms with van der Waals surface area (Å²) in [5.41, 5.74) is 4.19. The lowest BCUT2D eigenvalue weighted by atomic mass is 9.49. The molecule has 290 valence electrons. The number of imide groups is 2. The smallest absolute Gasteiger partial charge is 0.260 e. The van der Waals surface area contributed by atoms with Gasteiger partial charge >= 0.3 is 0 Å². The van der Waals surface area contributed by atoms with Crippen LogP contribution in [-0.2, 0) is 24.6 Å². The third kappa shape index (κ3) is 5.63. The molecule has 0 aromatic heterocycles. The van der Waals surface area contributed by atoms with Crippen molar-refractivity contribution in [1.29, 1.82) is 0 Å². The molecule has 2 aliphatic carbocycles. The summed E-state index contributed by atoms with van der Waals surface area (Å²) < 4.78 is 19.3. The van der Waals surface area contributed by atoms with Gasteiger partial charge in [0.2, 0.25) is 11.8 Å². The van der Waals surface area contributed by atoms with E-state index in [1.807, 2.05) is 12.1 Å². The highest BCUT2D eigenvalue weighted by Gasteiger charge is 2.70. The van der Waals surface area contributed by atoms with Gasteiger partial charge in [-0.2, -0.15) is 5.01 Å². The zero-order valence-electron chi connectivity index (χ0n) is 31.0. The number of anilines is 2. The van der Waals surface area contributed by atoms with Crippen molar-refractivity contribution in [2.45, 2.75) is 24.2 Å². The number of nitrogens with one attached hydrogen (secondary N) is 1. The molecule has 9 rings (SSSR count). The molecule has 0 spiro atoms. The highest BCUT2D eigenvalue weighted by Crippen LogP contribution is 2.65. The van der Waals surface area contributed by atoms with E-state index in [-0.39, 0.29) is 30.1 Å². The Morgan fingerprint density at radius 2 is 1.52 bits per heavy atom. The number of phenols is 1. The van der Waals surface area contributed by atoms with Crippen molar-refractivity contribution >= 4 is 52.4 Å². The third-order valence-electron chi connectivity index (χ3n) is 12.2. The van der Waals surface area contributed by atoms with Gasteiger partial charge in [0.1, 0.15) is 17.3 Å². The number of hydrogen-bond donors (Lipinski definition) is 2. The number of methoxy groups -OCH3 is 1. The number of amides is 4. The van der Waals surface area contributed by atoms with Gasteiger partial charge in [-0.3, -0.25) is 34.3 Å². The van der Waals surface area contributed by atoms with E-state index in [1.54, 1.807) is 84.9 Å². The molecule has 2 N–H and O–H groups in total. The summed E-state index contributed by atoms with van der Waals surface area (Å²) in [4.78, 5) is 73.5. The van der Waals surface area contributed by atoms with E-state index in [0.29, 0.717) is 44.3 Å². The summed E-state index contributed by atoms with van der Waals surface area (Å²) in [5, 5.41) is 13.1. The minimum atomic E-state index is -1.66. The predicted octanol–water partition coefficient (Wildman–Crippen LogP) is 7.61. The molecule has 6 atom stereocenters. The van der Waals surface area contributed by atoms with Crippen molar-refractivity contribution in [3.8, 4) is 11.5 Å². The zero-order chi connectivity index (χ0) is 40.5. The lowest BCUT2D eigenvalue weighted by Gasteiger charge is -2.50. The maximum absolute atomic E-state index is 15.3. The van der Waals surface area contributed by atoms with E-state index >= 15 is 4.79 Å². The highest BCUT2D eigenvalue weighted by molar-refractivity contribution is 6.30. The summed E-state index contributed by atoms with van der Waals surface area (Å²) in [6.07, 6.45) is 2.07. The Labute approximate surface area is 337 Å². The number of rotatable bonds is 8. The van der Waals surface area contributed by atoms with Crippen LogP contribution in [0.25, 0.3) is 0 Å². The van der Waals surface area contributed by atoms with Gasteiger partial charge in [-0.15, -0.1) is 0 Å². The van der Waals surface area contributed by atoms with Crippen molar-refractivity contribution in [2.24, 2.45) is 23.7 Å². The van der Waals surface area contributed by atoms with Gasteiger partial charge in [0.15, 0.2) is 5.78 Å². The SMILES string of the molecule is COc1ccc(C2C3=CCC4C(=O)N(c5ccc(C(=O)c6ccccc6)cc5)C(=O)C4C3CC3C(=O)N(Nc4ccc(F)cc4)C(=O)C32c2ccc(Cl)cc2)c(O)c1. The van der Waals surface area contributed by atoms with Crippen molar-refractivity contribution in [3.63, 3.8) is 0 Å². The van der Waals surface area contributed by atoms with Crippen LogP contribution in [0.2, 0.25) is 5.02 Å². The number of carbonyl (C=O) groups is 5. The number of ketones is 1. The molecule has 58 heavy (non-hydrogen) atoms. The summed E-state index contributed by atoms with van der Waals surface area (Å²) in [6, 6.07) is 31.8. The third-order valence-corrected chi connectivity index (χ3v) is 12.5. The summed E-state index contributed by atoms with van der Waals surface area (Å²) >= 11 is 6.37. The Bertz CT molecular complexity index is 2550. The lowest BCUT2D eigenvalue weighted by Crippen LogP contribution is -2.53. The number of allylic oxidation sites excluding steroid dienone is 2. The van der Waals surface area contributed by atoms with E-state index in [9.17, 15) is 28.7 Å². The Kier molecular flexibility index (Phi) is 9.00. The van der Waals surface area contributed by atoms with Crippen molar-refractivity contribution in [1.82, 2.24) is 5.01 Å². The number of phenolic OH excluding ortho intramolecular Hbond substituents is 1. The molecular formula is C46H35ClFN3O7. The molecule has 5 aromatic carbocycles. The van der Waals surface area contributed by atoms with Crippen LogP contribution in [0, 0.1) is 29.5 Å². The summed E-state index contributed by atoms with van der Waals surface area (Å²) in [5.74, 6) is -7.04. The molecule has 2 saturated heterocycles. The molecule has 3 fully saturated rings. The Hall–Kier alpha value is -6.59. The summed E-state index contributed by atoms with van der Waals surface area (Å²) in [7, 11) is 1.46. The minimum Gasteiger partial charge on any atom is -0.508 e. The van der Waals surface area contributed by atoms with Crippen LogP contribution >= 0.6 is 11.6 Å². The fourth-order valence-electron chi connectivity index (χ4n) is 9.67. The molecular weight excluding hydrogens is 761 g/mol. The van der Waals surface area contributed by atoms with Crippen molar-refractivity contribution in [2.75, 3.05) is 17.4 Å². The van der Waals surface area contributed by atoms with E-state index in [2.05, 4.69) is 5.43 Å². The van der Waals surface area contributed by atoms with Gasteiger partial charge in [-0.25, -0.2) is 4.39 Å². The van der Waals surface area contributed by atoms with Crippen LogP contribution in [0.5, 0.6) is 11.5 Å². The quantitative estimate of drug-likeness (QED) is 0.0932. The second-order valence-corrected chi connectivity index (χ2v) is 15.5. The number of benzene rings is 5. The fraction of sp³-hybridized carbons (Fsp3) is 0.196. The molecule has 4 amide bonds. The molecule has 4 aliphatic rings. The Balaban J connectivity index is 1.16. The molecule has 1 saturated carbocycles. The Morgan fingerprint density at radius 1 is 0.828 bits per heavy atom. The molecule has 5 aromatic rings. The van der Waals surface area contributed by atoms with E-state index < -0.39 is 64.5 Å². The summed E-state index contributed by atoms with van der Waals surface area (Å²) in [6.45, 7) is 0. The first-order valence-corrected chi connectivity index (χ1v) is 19.2. The number of aromatic hydroxyl groups is 1. The lowest BCUT2D eigenvalue weighted by molar-refractivity contribution is -0.138. The number of halogens is 2. The highest BCUT2D eigenvalue weighted by atomic mass is 35.5. The van der Waals surface area contributed by atoms with Crippen molar-refractivity contribution < 1.29 is 38.2 Å². The maximum Gasteiger partial charge on any atom is 0.260 e. The number of ether oxygens (including phenoxy) is 1. The zero-order valence-corrected chi connectivity index (χ0v) is 31.7. The molecule has 0 radical (unpaired) electrons. The molecule has 10 nitrogen and oxygen atoms in total. The maximum atomic E-state index is 15.3. The average Bonchev–Trinajstić information content (AvgIpc) is 3.62. The van der Waals surface area contributed by atoms with Crippen LogP contribution in [0.1, 0.15) is 45.8 Å². The number of nitrogens with zero attached hydrogens (tertiary/aromatic N) is 2. The van der Waals surface area contributed by atoms with Crippen LogP contribution in [-0.4, -0.2) is 46.6 Å². The second-order valence-electron chi connectivity index (χ2n) is 15.1. The van der Waals surface area contributed by atoms with Gasteiger partial charge in [0.25, 0.3) is 11.8 Å². The largest absolute Gasteiger partial charge is 0.508 e. The standard InChI is InChI=1S/C46H35ClFN3O7/c1-58-32-19-20-34(38(52)23-32)40-33-21-22-35-39(44(56)50(42(35)54)31-17-7-26(8-18-31)41(53)25-5-3-2-4-6-25)36(33)24-37-43(55)51(49-30-15-13-29(48)14-16-30)45(57)46(37,40)27-9-11-28(47)12-10-27/h2-21,23,35-37,39-40,49,52H,22,24H2,1H3. The van der Waals surface area contributed by atoms with Crippen molar-refractivity contribution in [3.05, 3.63) is 166 Å². The first-order valence-electron chi connectivity index (χ1n) is 18.8. The molecule has 2 heterocycles. The number of carbonyl (C=O) groups excluding carboxylic acids is 5.